The van der Waals surface area contributed by atoms with Crippen LogP contribution in [0.2, 0.25) is 0 Å². The number of hydrogen-bond donors (Lipinski definition) is 2. The van der Waals surface area contributed by atoms with Crippen molar-refractivity contribution in [2.24, 2.45) is 0 Å². The standard InChI is InChI=1S/C20H23BrN2O5S/c21-17-8-4-5-9-19(17)28-16-10-12-23(13-11-16)29(26,27)14-18(22-20(24)25)15-6-2-1-3-7-15/h1-9,16,18,22H,10-14H2,(H,24,25)/t18-/m0/s1. The summed E-state index contributed by atoms with van der Waals surface area (Å²) < 4.78 is 34.1. The predicted molar refractivity (Wildman–Crippen MR) is 113 cm³/mol. The van der Waals surface area contributed by atoms with Crippen LogP contribution in [0.15, 0.2) is 59.1 Å². The van der Waals surface area contributed by atoms with Gasteiger partial charge in [-0.15, -0.1) is 0 Å². The van der Waals surface area contributed by atoms with Crippen molar-refractivity contribution in [3.8, 4) is 5.75 Å². The van der Waals surface area contributed by atoms with E-state index in [0.29, 0.717) is 31.5 Å². The van der Waals surface area contributed by atoms with Crippen LogP contribution in [0.25, 0.3) is 0 Å². The third-order valence-electron chi connectivity index (χ3n) is 4.80. The summed E-state index contributed by atoms with van der Waals surface area (Å²) in [5, 5.41) is 11.4. The summed E-state index contributed by atoms with van der Waals surface area (Å²) in [6.07, 6.45) is -0.178. The van der Waals surface area contributed by atoms with Crippen molar-refractivity contribution in [3.05, 3.63) is 64.6 Å². The Morgan fingerprint density at radius 3 is 2.38 bits per heavy atom. The van der Waals surface area contributed by atoms with E-state index in [4.69, 9.17) is 9.84 Å². The van der Waals surface area contributed by atoms with E-state index in [2.05, 4.69) is 21.2 Å². The Labute approximate surface area is 178 Å². The van der Waals surface area contributed by atoms with Gasteiger partial charge in [0, 0.05) is 13.1 Å². The second-order valence-corrected chi connectivity index (χ2v) is 9.71. The molecule has 1 atom stereocenters. The van der Waals surface area contributed by atoms with Crippen molar-refractivity contribution >= 4 is 32.0 Å². The van der Waals surface area contributed by atoms with E-state index in [1.54, 1.807) is 30.3 Å². The number of halogens is 1. The zero-order valence-electron chi connectivity index (χ0n) is 15.7. The average molecular weight is 483 g/mol. The molecule has 0 unspecified atom stereocenters. The molecule has 7 nitrogen and oxygen atoms in total. The number of carbonyl (C=O) groups is 1. The van der Waals surface area contributed by atoms with E-state index in [0.717, 1.165) is 10.2 Å². The molecule has 0 spiro atoms. The fourth-order valence-corrected chi connectivity index (χ4v) is 5.37. The highest BCUT2D eigenvalue weighted by atomic mass is 79.9. The van der Waals surface area contributed by atoms with Gasteiger partial charge in [0.25, 0.3) is 0 Å². The van der Waals surface area contributed by atoms with Gasteiger partial charge >= 0.3 is 6.09 Å². The molecular formula is C20H23BrN2O5S. The topological polar surface area (TPSA) is 95.9 Å². The largest absolute Gasteiger partial charge is 0.489 e. The number of amides is 1. The molecule has 9 heteroatoms. The van der Waals surface area contributed by atoms with Crippen LogP contribution in [0, 0.1) is 0 Å². The molecular weight excluding hydrogens is 460 g/mol. The molecule has 2 N–H and O–H groups in total. The van der Waals surface area contributed by atoms with Gasteiger partial charge < -0.3 is 15.2 Å². The van der Waals surface area contributed by atoms with Crippen LogP contribution in [0.5, 0.6) is 5.75 Å². The first kappa shape index (κ1) is 21.6. The first-order valence-corrected chi connectivity index (χ1v) is 11.7. The minimum absolute atomic E-state index is 0.0674. The van der Waals surface area contributed by atoms with Gasteiger partial charge in [-0.05, 0) is 46.5 Å². The lowest BCUT2D eigenvalue weighted by Gasteiger charge is -2.32. The zero-order chi connectivity index (χ0) is 20.9. The Kier molecular flexibility index (Phi) is 7.15. The average Bonchev–Trinajstić information content (AvgIpc) is 2.70. The van der Waals surface area contributed by atoms with Gasteiger partial charge in [-0.3, -0.25) is 0 Å². The number of nitrogens with one attached hydrogen (secondary N) is 1. The maximum atomic E-state index is 12.9. The number of rotatable bonds is 7. The van der Waals surface area contributed by atoms with Crippen molar-refractivity contribution in [2.45, 2.75) is 25.0 Å². The highest BCUT2D eigenvalue weighted by molar-refractivity contribution is 9.10. The highest BCUT2D eigenvalue weighted by Gasteiger charge is 2.32. The summed E-state index contributed by atoms with van der Waals surface area (Å²) in [6, 6.07) is 15.5. The highest BCUT2D eigenvalue weighted by Crippen LogP contribution is 2.28. The van der Waals surface area contributed by atoms with Crippen molar-refractivity contribution < 1.29 is 23.1 Å². The molecule has 2 aromatic rings. The number of sulfonamides is 1. The van der Waals surface area contributed by atoms with E-state index >= 15 is 0 Å². The lowest BCUT2D eigenvalue weighted by molar-refractivity contribution is 0.134. The summed E-state index contributed by atoms with van der Waals surface area (Å²) in [4.78, 5) is 11.1. The van der Waals surface area contributed by atoms with Crippen LogP contribution in [-0.2, 0) is 10.0 Å². The number of nitrogens with zero attached hydrogens (tertiary/aromatic N) is 1. The van der Waals surface area contributed by atoms with E-state index < -0.39 is 22.2 Å². The van der Waals surface area contributed by atoms with Gasteiger partial charge in [0.15, 0.2) is 0 Å². The minimum atomic E-state index is -3.64. The van der Waals surface area contributed by atoms with Crippen molar-refractivity contribution in [2.75, 3.05) is 18.8 Å². The molecule has 3 rings (SSSR count). The molecule has 1 heterocycles. The third kappa shape index (κ3) is 5.94. The number of ether oxygens (including phenoxy) is 1. The molecule has 1 aliphatic rings. The summed E-state index contributed by atoms with van der Waals surface area (Å²) in [7, 11) is -3.64. The number of benzene rings is 2. The second-order valence-electron chi connectivity index (χ2n) is 6.84. The number of hydrogen-bond acceptors (Lipinski definition) is 4. The van der Waals surface area contributed by atoms with Crippen molar-refractivity contribution in [3.63, 3.8) is 0 Å². The van der Waals surface area contributed by atoms with Gasteiger partial charge in [-0.25, -0.2) is 17.5 Å². The molecule has 0 aromatic heterocycles. The predicted octanol–water partition coefficient (Wildman–Crippen LogP) is 3.63. The molecule has 156 valence electrons. The van der Waals surface area contributed by atoms with Crippen LogP contribution in [-0.4, -0.2) is 48.9 Å². The Hall–Kier alpha value is -2.10. The molecule has 0 bridgehead atoms. The first-order chi connectivity index (χ1) is 13.8. The molecule has 1 amide bonds. The number of piperidine rings is 1. The monoisotopic (exact) mass is 482 g/mol. The Morgan fingerprint density at radius 2 is 1.76 bits per heavy atom. The van der Waals surface area contributed by atoms with Crippen molar-refractivity contribution in [1.82, 2.24) is 9.62 Å². The van der Waals surface area contributed by atoms with Crippen LogP contribution in [0.4, 0.5) is 4.79 Å². The Morgan fingerprint density at radius 1 is 1.14 bits per heavy atom. The molecule has 1 aliphatic heterocycles. The van der Waals surface area contributed by atoms with Gasteiger partial charge in [-0.1, -0.05) is 42.5 Å². The molecule has 1 saturated heterocycles. The Bertz CT molecular complexity index is 931. The van der Waals surface area contributed by atoms with E-state index in [1.165, 1.54) is 4.31 Å². The minimum Gasteiger partial charge on any atom is -0.489 e. The molecule has 0 radical (unpaired) electrons. The van der Waals surface area contributed by atoms with Crippen LogP contribution in [0.1, 0.15) is 24.4 Å². The summed E-state index contributed by atoms with van der Waals surface area (Å²) >= 11 is 3.45. The molecule has 29 heavy (non-hydrogen) atoms. The van der Waals surface area contributed by atoms with E-state index in [9.17, 15) is 13.2 Å². The Balaban J connectivity index is 1.62. The number of para-hydroxylation sites is 1. The van der Waals surface area contributed by atoms with Crippen LogP contribution >= 0.6 is 15.9 Å². The van der Waals surface area contributed by atoms with Crippen LogP contribution in [0.3, 0.4) is 0 Å². The SMILES string of the molecule is O=C(O)N[C@@H](CS(=O)(=O)N1CCC(Oc2ccccc2Br)CC1)c1ccccc1. The van der Waals surface area contributed by atoms with Gasteiger partial charge in [0.1, 0.15) is 11.9 Å². The fraction of sp³-hybridized carbons (Fsp3) is 0.350. The first-order valence-electron chi connectivity index (χ1n) is 9.28. The third-order valence-corrected chi connectivity index (χ3v) is 7.36. The molecule has 0 aliphatic carbocycles. The van der Waals surface area contributed by atoms with Gasteiger partial charge in [0.05, 0.1) is 16.3 Å². The quantitative estimate of drug-likeness (QED) is 0.627. The maximum Gasteiger partial charge on any atom is 0.405 e. The van der Waals surface area contributed by atoms with Crippen molar-refractivity contribution in [1.29, 1.82) is 0 Å². The fourth-order valence-electron chi connectivity index (χ4n) is 3.32. The van der Waals surface area contributed by atoms with E-state index in [1.807, 2.05) is 24.3 Å². The second kappa shape index (κ2) is 9.60. The lowest BCUT2D eigenvalue weighted by Crippen LogP contribution is -2.45. The number of carboxylic acid groups (broad SMARTS) is 1. The molecule has 1 fully saturated rings. The summed E-state index contributed by atoms with van der Waals surface area (Å²) in [5.74, 6) is 0.419. The normalized spacial score (nSPS) is 16.9. The van der Waals surface area contributed by atoms with Gasteiger partial charge in [-0.2, -0.15) is 0 Å². The molecule has 0 saturated carbocycles. The van der Waals surface area contributed by atoms with Crippen LogP contribution < -0.4 is 10.1 Å². The smallest absolute Gasteiger partial charge is 0.405 e. The zero-order valence-corrected chi connectivity index (χ0v) is 18.1. The van der Waals surface area contributed by atoms with Gasteiger partial charge in [0.2, 0.25) is 10.0 Å². The van der Waals surface area contributed by atoms with E-state index in [-0.39, 0.29) is 11.9 Å². The lowest BCUT2D eigenvalue weighted by atomic mass is 10.1. The summed E-state index contributed by atoms with van der Waals surface area (Å²) in [6.45, 7) is 0.679. The summed E-state index contributed by atoms with van der Waals surface area (Å²) in [5.41, 5.74) is 0.616. The maximum absolute atomic E-state index is 12.9. The molecule has 2 aromatic carbocycles.